The molecular formula is C9H10N4O3S. The number of aromatic amines is 1. The van der Waals surface area contributed by atoms with E-state index in [2.05, 4.69) is 19.9 Å². The van der Waals surface area contributed by atoms with Crippen molar-refractivity contribution in [3.63, 3.8) is 0 Å². The second-order valence-corrected chi connectivity index (χ2v) is 4.82. The third-order valence-electron chi connectivity index (χ3n) is 2.02. The number of sulfonamides is 1. The van der Waals surface area contributed by atoms with E-state index in [9.17, 15) is 8.42 Å². The van der Waals surface area contributed by atoms with Gasteiger partial charge in [-0.05, 0) is 12.1 Å². The van der Waals surface area contributed by atoms with Crippen LogP contribution in [0.2, 0.25) is 0 Å². The van der Waals surface area contributed by atoms with Gasteiger partial charge in [0.05, 0.1) is 12.8 Å². The third-order valence-corrected chi connectivity index (χ3v) is 3.39. The maximum Gasteiger partial charge on any atom is 0.280 e. The molecular weight excluding hydrogens is 244 g/mol. The fraction of sp³-hybridized carbons (Fsp3) is 0.111. The van der Waals surface area contributed by atoms with E-state index in [-0.39, 0.29) is 16.4 Å². The summed E-state index contributed by atoms with van der Waals surface area (Å²) in [5, 5.41) is 14.7. The van der Waals surface area contributed by atoms with Crippen molar-refractivity contribution in [3.8, 4) is 0 Å². The molecule has 0 aliphatic heterocycles. The molecule has 0 bridgehead atoms. The van der Waals surface area contributed by atoms with E-state index in [0.29, 0.717) is 0 Å². The van der Waals surface area contributed by atoms with Gasteiger partial charge in [0.2, 0.25) is 0 Å². The molecule has 0 spiro atoms. The zero-order valence-corrected chi connectivity index (χ0v) is 9.48. The maximum atomic E-state index is 11.9. The number of pyridine rings is 1. The molecule has 0 radical (unpaired) electrons. The number of aromatic nitrogens is 3. The Hall–Kier alpha value is -1.93. The number of H-pyrrole nitrogens is 1. The van der Waals surface area contributed by atoms with Crippen LogP contribution in [0.4, 0.5) is 5.82 Å². The van der Waals surface area contributed by atoms with Gasteiger partial charge in [0, 0.05) is 11.8 Å². The summed E-state index contributed by atoms with van der Waals surface area (Å²) in [6.45, 7) is -0.408. The molecule has 2 aromatic heterocycles. The van der Waals surface area contributed by atoms with Crippen molar-refractivity contribution in [2.75, 3.05) is 4.72 Å². The van der Waals surface area contributed by atoms with E-state index >= 15 is 0 Å². The van der Waals surface area contributed by atoms with Crippen LogP contribution in [-0.2, 0) is 16.6 Å². The van der Waals surface area contributed by atoms with Crippen LogP contribution in [0.15, 0.2) is 35.6 Å². The average Bonchev–Trinajstić information content (AvgIpc) is 2.78. The van der Waals surface area contributed by atoms with Crippen LogP contribution in [-0.4, -0.2) is 28.7 Å². The Bertz CT molecular complexity index is 594. The molecule has 7 nitrogen and oxygen atoms in total. The quantitative estimate of drug-likeness (QED) is 0.717. The number of rotatable bonds is 4. The van der Waals surface area contributed by atoms with E-state index in [1.165, 1.54) is 18.5 Å². The van der Waals surface area contributed by atoms with Crippen molar-refractivity contribution in [1.29, 1.82) is 0 Å². The molecule has 90 valence electrons. The molecule has 0 saturated carbocycles. The lowest BCUT2D eigenvalue weighted by molar-refractivity contribution is 0.278. The lowest BCUT2D eigenvalue weighted by atomic mass is 10.4. The minimum Gasteiger partial charge on any atom is -0.392 e. The number of nitrogens with one attached hydrogen (secondary N) is 2. The van der Waals surface area contributed by atoms with Crippen LogP contribution >= 0.6 is 0 Å². The highest BCUT2D eigenvalue weighted by atomic mass is 32.2. The number of hydrogen-bond acceptors (Lipinski definition) is 5. The molecule has 2 heterocycles. The first kappa shape index (κ1) is 11.6. The highest BCUT2D eigenvalue weighted by Gasteiger charge is 2.20. The summed E-state index contributed by atoms with van der Waals surface area (Å²) in [7, 11) is -3.80. The molecule has 2 rings (SSSR count). The van der Waals surface area contributed by atoms with Crippen molar-refractivity contribution in [3.05, 3.63) is 36.2 Å². The Balaban J connectivity index is 2.32. The summed E-state index contributed by atoms with van der Waals surface area (Å²) >= 11 is 0. The highest BCUT2D eigenvalue weighted by Crippen LogP contribution is 2.15. The number of anilines is 1. The predicted molar refractivity (Wildman–Crippen MR) is 59.6 cm³/mol. The van der Waals surface area contributed by atoms with Crippen LogP contribution in [0.3, 0.4) is 0 Å². The summed E-state index contributed by atoms with van der Waals surface area (Å²) in [6.07, 6.45) is 2.73. The first-order valence-corrected chi connectivity index (χ1v) is 6.19. The first-order chi connectivity index (χ1) is 8.13. The monoisotopic (exact) mass is 254 g/mol. The Morgan fingerprint density at radius 1 is 1.41 bits per heavy atom. The Morgan fingerprint density at radius 2 is 2.24 bits per heavy atom. The Labute approximate surface area is 97.6 Å². The number of hydrogen-bond donors (Lipinski definition) is 3. The SMILES string of the molecule is O=S(=O)(Nc1ccccn1)c1[nH]ncc1CO. The smallest absolute Gasteiger partial charge is 0.280 e. The van der Waals surface area contributed by atoms with Gasteiger partial charge in [-0.15, -0.1) is 0 Å². The Morgan fingerprint density at radius 3 is 2.88 bits per heavy atom. The normalized spacial score (nSPS) is 11.4. The standard InChI is InChI=1S/C9H10N4O3S/c14-6-7-5-11-12-9(7)17(15,16)13-8-3-1-2-4-10-8/h1-5,14H,6H2,(H,10,13)(H,11,12). The summed E-state index contributed by atoms with van der Waals surface area (Å²) in [6, 6.07) is 4.85. The van der Waals surface area contributed by atoms with Gasteiger partial charge in [0.1, 0.15) is 5.82 Å². The molecule has 8 heteroatoms. The van der Waals surface area contributed by atoms with Crippen molar-refractivity contribution >= 4 is 15.8 Å². The summed E-state index contributed by atoms with van der Waals surface area (Å²) in [4.78, 5) is 3.84. The van der Waals surface area contributed by atoms with Gasteiger partial charge in [0.25, 0.3) is 10.0 Å². The second-order valence-electron chi connectivity index (χ2n) is 3.20. The van der Waals surface area contributed by atoms with Crippen molar-refractivity contribution in [2.45, 2.75) is 11.6 Å². The molecule has 0 atom stereocenters. The van der Waals surface area contributed by atoms with Gasteiger partial charge in [-0.2, -0.15) is 13.5 Å². The zero-order valence-electron chi connectivity index (χ0n) is 8.66. The molecule has 0 amide bonds. The van der Waals surface area contributed by atoms with Gasteiger partial charge in [-0.25, -0.2) is 4.98 Å². The largest absolute Gasteiger partial charge is 0.392 e. The van der Waals surface area contributed by atoms with Gasteiger partial charge < -0.3 is 5.11 Å². The summed E-state index contributed by atoms with van der Waals surface area (Å²) in [5.41, 5.74) is 0.202. The predicted octanol–water partition coefficient (Wildman–Crippen LogP) is 0.0978. The molecule has 17 heavy (non-hydrogen) atoms. The first-order valence-electron chi connectivity index (χ1n) is 4.70. The van der Waals surface area contributed by atoms with Crippen LogP contribution < -0.4 is 4.72 Å². The van der Waals surface area contributed by atoms with Gasteiger partial charge in [-0.1, -0.05) is 6.07 Å². The lowest BCUT2D eigenvalue weighted by Gasteiger charge is -2.05. The molecule has 0 unspecified atom stereocenters. The zero-order chi connectivity index (χ0) is 12.3. The minimum absolute atomic E-state index is 0.161. The molecule has 0 saturated heterocycles. The Kier molecular flexibility index (Phi) is 3.07. The number of aliphatic hydroxyl groups excluding tert-OH is 1. The molecule has 0 aliphatic rings. The molecule has 3 N–H and O–H groups in total. The second kappa shape index (κ2) is 4.52. The molecule has 0 aliphatic carbocycles. The number of aliphatic hydroxyl groups is 1. The van der Waals surface area contributed by atoms with E-state index in [0.717, 1.165) is 0 Å². The number of nitrogens with zero attached hydrogens (tertiary/aromatic N) is 2. The molecule has 2 aromatic rings. The van der Waals surface area contributed by atoms with Crippen LogP contribution in [0, 0.1) is 0 Å². The van der Waals surface area contributed by atoms with Gasteiger partial charge >= 0.3 is 0 Å². The minimum atomic E-state index is -3.80. The maximum absolute atomic E-state index is 11.9. The van der Waals surface area contributed by atoms with E-state index in [1.807, 2.05) is 0 Å². The molecule has 0 fully saturated rings. The summed E-state index contributed by atoms with van der Waals surface area (Å²) < 4.78 is 26.1. The molecule has 0 aromatic carbocycles. The van der Waals surface area contributed by atoms with Crippen LogP contribution in [0.5, 0.6) is 0 Å². The van der Waals surface area contributed by atoms with Gasteiger partial charge in [-0.3, -0.25) is 9.82 Å². The van der Waals surface area contributed by atoms with Crippen LogP contribution in [0.25, 0.3) is 0 Å². The van der Waals surface area contributed by atoms with Crippen LogP contribution in [0.1, 0.15) is 5.56 Å². The topological polar surface area (TPSA) is 108 Å². The van der Waals surface area contributed by atoms with Gasteiger partial charge in [0.15, 0.2) is 5.03 Å². The van der Waals surface area contributed by atoms with E-state index in [4.69, 9.17) is 5.11 Å². The van der Waals surface area contributed by atoms with Crippen molar-refractivity contribution in [1.82, 2.24) is 15.2 Å². The third kappa shape index (κ3) is 2.43. The lowest BCUT2D eigenvalue weighted by Crippen LogP contribution is -2.15. The van der Waals surface area contributed by atoms with E-state index < -0.39 is 16.6 Å². The van der Waals surface area contributed by atoms with Crippen molar-refractivity contribution in [2.24, 2.45) is 0 Å². The fourth-order valence-corrected chi connectivity index (χ4v) is 2.39. The summed E-state index contributed by atoms with van der Waals surface area (Å²) in [5.74, 6) is 0.200. The fourth-order valence-electron chi connectivity index (χ4n) is 1.26. The highest BCUT2D eigenvalue weighted by molar-refractivity contribution is 7.92. The van der Waals surface area contributed by atoms with Crippen molar-refractivity contribution < 1.29 is 13.5 Å². The average molecular weight is 254 g/mol. The van der Waals surface area contributed by atoms with E-state index in [1.54, 1.807) is 12.1 Å².